The van der Waals surface area contributed by atoms with Crippen LogP contribution in [0.3, 0.4) is 0 Å². The minimum Gasteiger partial charge on any atom is -0.497 e. The zero-order valence-corrected chi connectivity index (χ0v) is 12.1. The van der Waals surface area contributed by atoms with E-state index in [4.69, 9.17) is 10.5 Å². The molecule has 0 aromatic heterocycles. The van der Waals surface area contributed by atoms with E-state index in [0.29, 0.717) is 6.04 Å². The van der Waals surface area contributed by atoms with Crippen molar-refractivity contribution in [3.05, 3.63) is 29.8 Å². The Kier molecular flexibility index (Phi) is 5.23. The summed E-state index contributed by atoms with van der Waals surface area (Å²) in [4.78, 5) is 2.38. The molecular weight excluding hydrogens is 236 g/mol. The summed E-state index contributed by atoms with van der Waals surface area (Å²) in [7, 11) is 3.89. The topological polar surface area (TPSA) is 38.5 Å². The minimum atomic E-state index is 0.439. The molecule has 0 spiro atoms. The van der Waals surface area contributed by atoms with Gasteiger partial charge in [-0.25, -0.2) is 0 Å². The minimum absolute atomic E-state index is 0.439. The van der Waals surface area contributed by atoms with Crippen molar-refractivity contribution < 1.29 is 4.74 Å². The van der Waals surface area contributed by atoms with Gasteiger partial charge in [-0.2, -0.15) is 0 Å². The van der Waals surface area contributed by atoms with Gasteiger partial charge in [0.2, 0.25) is 0 Å². The van der Waals surface area contributed by atoms with Gasteiger partial charge < -0.3 is 15.4 Å². The molecule has 3 nitrogen and oxygen atoms in total. The first-order valence-electron chi connectivity index (χ1n) is 7.26. The number of methoxy groups -OCH3 is 1. The van der Waals surface area contributed by atoms with E-state index < -0.39 is 0 Å². The Morgan fingerprint density at radius 3 is 2.58 bits per heavy atom. The molecule has 1 aromatic rings. The Labute approximate surface area is 116 Å². The highest BCUT2D eigenvalue weighted by Gasteiger charge is 2.23. The van der Waals surface area contributed by atoms with Crippen LogP contribution in [0.1, 0.15) is 31.2 Å². The largest absolute Gasteiger partial charge is 0.497 e. The Balaban J connectivity index is 1.75. The molecular formula is C16H26N2O. The highest BCUT2D eigenvalue weighted by atomic mass is 16.5. The highest BCUT2D eigenvalue weighted by Crippen LogP contribution is 2.27. The number of nitrogens with zero attached hydrogens (tertiary/aromatic N) is 1. The van der Waals surface area contributed by atoms with E-state index in [1.54, 1.807) is 7.11 Å². The lowest BCUT2D eigenvalue weighted by Gasteiger charge is -2.21. The first-order valence-corrected chi connectivity index (χ1v) is 7.26. The average Bonchev–Trinajstić information content (AvgIpc) is 2.83. The van der Waals surface area contributed by atoms with Crippen LogP contribution in [-0.2, 0) is 6.54 Å². The van der Waals surface area contributed by atoms with Crippen molar-refractivity contribution in [1.82, 2.24) is 4.90 Å². The molecule has 0 amide bonds. The highest BCUT2D eigenvalue weighted by molar-refractivity contribution is 5.26. The van der Waals surface area contributed by atoms with Crippen LogP contribution in [-0.4, -0.2) is 31.6 Å². The van der Waals surface area contributed by atoms with Gasteiger partial charge in [0.05, 0.1) is 7.11 Å². The number of nitrogens with two attached hydrogens (primary N) is 1. The van der Waals surface area contributed by atoms with Crippen molar-refractivity contribution in [2.24, 2.45) is 11.7 Å². The number of rotatable bonds is 6. The Morgan fingerprint density at radius 2 is 2.00 bits per heavy atom. The third kappa shape index (κ3) is 4.22. The lowest BCUT2D eigenvalue weighted by molar-refractivity contribution is 0.286. The van der Waals surface area contributed by atoms with Gasteiger partial charge in [0.1, 0.15) is 5.75 Å². The molecule has 0 bridgehead atoms. The summed E-state index contributed by atoms with van der Waals surface area (Å²) in [5.74, 6) is 1.65. The SMILES string of the molecule is COc1ccc(CN(C)CCC2CCCC2N)cc1. The van der Waals surface area contributed by atoms with E-state index in [-0.39, 0.29) is 0 Å². The van der Waals surface area contributed by atoms with Crippen LogP contribution in [0.15, 0.2) is 24.3 Å². The van der Waals surface area contributed by atoms with E-state index >= 15 is 0 Å². The van der Waals surface area contributed by atoms with Crippen LogP contribution < -0.4 is 10.5 Å². The lowest BCUT2D eigenvalue weighted by atomic mass is 10.00. The van der Waals surface area contributed by atoms with Crippen molar-refractivity contribution in [3.63, 3.8) is 0 Å². The predicted octanol–water partition coefficient (Wildman–Crippen LogP) is 2.64. The fraction of sp³-hybridized carbons (Fsp3) is 0.625. The molecule has 1 aliphatic carbocycles. The molecule has 2 unspecified atom stereocenters. The summed E-state index contributed by atoms with van der Waals surface area (Å²) in [6.45, 7) is 2.12. The van der Waals surface area contributed by atoms with Crippen molar-refractivity contribution in [2.45, 2.75) is 38.3 Å². The monoisotopic (exact) mass is 262 g/mol. The van der Waals surface area contributed by atoms with Gasteiger partial charge in [-0.3, -0.25) is 0 Å². The fourth-order valence-corrected chi connectivity index (χ4v) is 2.93. The summed E-state index contributed by atoms with van der Waals surface area (Å²) in [6, 6.07) is 8.76. The second-order valence-corrected chi connectivity index (χ2v) is 5.73. The van der Waals surface area contributed by atoms with Gasteiger partial charge in [-0.15, -0.1) is 0 Å². The molecule has 2 N–H and O–H groups in total. The third-order valence-corrected chi connectivity index (χ3v) is 4.21. The summed E-state index contributed by atoms with van der Waals surface area (Å²) >= 11 is 0. The molecule has 1 aromatic carbocycles. The van der Waals surface area contributed by atoms with Crippen LogP contribution in [0.4, 0.5) is 0 Å². The van der Waals surface area contributed by atoms with Crippen molar-refractivity contribution in [3.8, 4) is 5.75 Å². The van der Waals surface area contributed by atoms with Gasteiger partial charge in [-0.1, -0.05) is 18.6 Å². The zero-order chi connectivity index (χ0) is 13.7. The van der Waals surface area contributed by atoms with Crippen LogP contribution in [0.5, 0.6) is 5.75 Å². The molecule has 0 aliphatic heterocycles. The summed E-state index contributed by atoms with van der Waals surface area (Å²) in [5, 5.41) is 0. The number of benzene rings is 1. The van der Waals surface area contributed by atoms with Crippen LogP contribution in [0, 0.1) is 5.92 Å². The van der Waals surface area contributed by atoms with E-state index in [2.05, 4.69) is 24.1 Å². The van der Waals surface area contributed by atoms with Gasteiger partial charge in [-0.05, 0) is 56.5 Å². The second-order valence-electron chi connectivity index (χ2n) is 5.73. The first-order chi connectivity index (χ1) is 9.19. The maximum absolute atomic E-state index is 6.12. The quantitative estimate of drug-likeness (QED) is 0.856. The molecule has 0 saturated heterocycles. The summed E-state index contributed by atoms with van der Waals surface area (Å²) < 4.78 is 5.17. The molecule has 2 rings (SSSR count). The second kappa shape index (κ2) is 6.92. The van der Waals surface area contributed by atoms with Crippen molar-refractivity contribution >= 4 is 0 Å². The number of hydrogen-bond donors (Lipinski definition) is 1. The smallest absolute Gasteiger partial charge is 0.118 e. The van der Waals surface area contributed by atoms with Crippen LogP contribution in [0.2, 0.25) is 0 Å². The summed E-state index contributed by atoms with van der Waals surface area (Å²) in [5.41, 5.74) is 7.45. The molecule has 3 heteroatoms. The van der Waals surface area contributed by atoms with Gasteiger partial charge in [0.15, 0.2) is 0 Å². The molecule has 106 valence electrons. The fourth-order valence-electron chi connectivity index (χ4n) is 2.93. The Bertz CT molecular complexity index is 377. The van der Waals surface area contributed by atoms with Gasteiger partial charge in [0.25, 0.3) is 0 Å². The normalized spacial score (nSPS) is 22.9. The maximum atomic E-state index is 6.12. The van der Waals surface area contributed by atoms with E-state index in [1.807, 2.05) is 12.1 Å². The van der Waals surface area contributed by atoms with Gasteiger partial charge >= 0.3 is 0 Å². The molecule has 19 heavy (non-hydrogen) atoms. The van der Waals surface area contributed by atoms with Crippen LogP contribution in [0.25, 0.3) is 0 Å². The molecule has 0 heterocycles. The average molecular weight is 262 g/mol. The maximum Gasteiger partial charge on any atom is 0.118 e. The van der Waals surface area contributed by atoms with E-state index in [0.717, 1.165) is 24.8 Å². The van der Waals surface area contributed by atoms with Crippen LogP contribution >= 0.6 is 0 Å². The van der Waals surface area contributed by atoms with Crippen molar-refractivity contribution in [2.75, 3.05) is 20.7 Å². The molecule has 1 fully saturated rings. The predicted molar refractivity (Wildman–Crippen MR) is 79.3 cm³/mol. The zero-order valence-electron chi connectivity index (χ0n) is 12.1. The Morgan fingerprint density at radius 1 is 1.26 bits per heavy atom. The molecule has 1 aliphatic rings. The first kappa shape index (κ1) is 14.4. The number of hydrogen-bond acceptors (Lipinski definition) is 3. The van der Waals surface area contributed by atoms with Gasteiger partial charge in [0, 0.05) is 12.6 Å². The van der Waals surface area contributed by atoms with Crippen molar-refractivity contribution in [1.29, 1.82) is 0 Å². The lowest BCUT2D eigenvalue weighted by Crippen LogP contribution is -2.28. The summed E-state index contributed by atoms with van der Waals surface area (Å²) in [6.07, 6.45) is 5.08. The molecule has 2 atom stereocenters. The van der Waals surface area contributed by atoms with E-state index in [1.165, 1.54) is 31.2 Å². The molecule has 0 radical (unpaired) electrons. The van der Waals surface area contributed by atoms with E-state index in [9.17, 15) is 0 Å². The Hall–Kier alpha value is -1.06. The third-order valence-electron chi connectivity index (χ3n) is 4.21. The number of ether oxygens (including phenoxy) is 1. The standard InChI is InChI=1S/C16H26N2O/c1-18(11-10-14-4-3-5-16(14)17)12-13-6-8-15(19-2)9-7-13/h6-9,14,16H,3-5,10-12,17H2,1-2H3. The molecule has 1 saturated carbocycles.